The second-order valence-electron chi connectivity index (χ2n) is 5.60. The lowest BCUT2D eigenvalue weighted by Crippen LogP contribution is -2.34. The topological polar surface area (TPSA) is 24.9 Å². The Morgan fingerprint density at radius 1 is 1.17 bits per heavy atom. The Morgan fingerprint density at radius 2 is 1.83 bits per heavy atom. The molecule has 1 aromatic rings. The van der Waals surface area contributed by atoms with Gasteiger partial charge < -0.3 is 5.32 Å². The third-order valence-electron chi connectivity index (χ3n) is 4.24. The quantitative estimate of drug-likeness (QED) is 0.803. The van der Waals surface area contributed by atoms with Crippen LogP contribution in [0.15, 0.2) is 24.5 Å². The van der Waals surface area contributed by atoms with Crippen LogP contribution in [0.4, 0.5) is 0 Å². The van der Waals surface area contributed by atoms with Crippen molar-refractivity contribution in [3.63, 3.8) is 0 Å². The molecule has 0 amide bonds. The summed E-state index contributed by atoms with van der Waals surface area (Å²) < 4.78 is 0. The molecule has 0 bridgehead atoms. The number of nitrogens with one attached hydrogen (secondary N) is 1. The van der Waals surface area contributed by atoms with Gasteiger partial charge >= 0.3 is 0 Å². The van der Waals surface area contributed by atoms with Crippen LogP contribution in [0.2, 0.25) is 0 Å². The van der Waals surface area contributed by atoms with Gasteiger partial charge in [0.15, 0.2) is 0 Å². The highest BCUT2D eigenvalue weighted by Gasteiger charge is 2.18. The van der Waals surface area contributed by atoms with Gasteiger partial charge in [-0.05, 0) is 56.3 Å². The maximum absolute atomic E-state index is 4.05. The molecule has 0 spiro atoms. The summed E-state index contributed by atoms with van der Waals surface area (Å²) in [7, 11) is 0. The third kappa shape index (κ3) is 4.41. The van der Waals surface area contributed by atoms with Crippen LogP contribution in [-0.4, -0.2) is 17.6 Å². The lowest BCUT2D eigenvalue weighted by atomic mass is 9.93. The zero-order valence-corrected chi connectivity index (χ0v) is 11.6. The molecule has 0 unspecified atom stereocenters. The monoisotopic (exact) mass is 246 g/mol. The minimum atomic E-state index is 0.671. The predicted molar refractivity (Wildman–Crippen MR) is 76.6 cm³/mol. The molecule has 1 heterocycles. The van der Waals surface area contributed by atoms with Crippen LogP contribution in [0, 0.1) is 5.92 Å². The fraction of sp³-hybridized carbons (Fsp3) is 0.688. The summed E-state index contributed by atoms with van der Waals surface area (Å²) >= 11 is 0. The lowest BCUT2D eigenvalue weighted by molar-refractivity contribution is 0.339. The zero-order chi connectivity index (χ0) is 12.6. The van der Waals surface area contributed by atoms with Crippen LogP contribution in [0.3, 0.4) is 0 Å². The van der Waals surface area contributed by atoms with E-state index in [-0.39, 0.29) is 0 Å². The number of hydrogen-bond donors (Lipinski definition) is 1. The third-order valence-corrected chi connectivity index (χ3v) is 4.24. The number of aromatic nitrogens is 1. The number of hydrogen-bond acceptors (Lipinski definition) is 2. The van der Waals surface area contributed by atoms with Crippen LogP contribution >= 0.6 is 0 Å². The fourth-order valence-electron chi connectivity index (χ4n) is 2.97. The summed E-state index contributed by atoms with van der Waals surface area (Å²) in [5.41, 5.74) is 1.38. The molecule has 1 aromatic heterocycles. The van der Waals surface area contributed by atoms with E-state index in [1.165, 1.54) is 44.1 Å². The van der Waals surface area contributed by atoms with Gasteiger partial charge in [-0.1, -0.05) is 25.7 Å². The highest BCUT2D eigenvalue weighted by molar-refractivity contribution is 5.09. The Hall–Kier alpha value is -0.890. The van der Waals surface area contributed by atoms with E-state index >= 15 is 0 Å². The summed E-state index contributed by atoms with van der Waals surface area (Å²) in [6, 6.07) is 4.89. The standard InChI is InChI=1S/C16H26N2/c1-14(16-6-4-2-3-5-7-16)18-13-10-15-8-11-17-12-9-15/h8-9,11-12,14,16,18H,2-7,10,13H2,1H3/t14-/m0/s1. The van der Waals surface area contributed by atoms with Gasteiger partial charge in [0.2, 0.25) is 0 Å². The first kappa shape index (κ1) is 13.5. The van der Waals surface area contributed by atoms with Gasteiger partial charge in [0.25, 0.3) is 0 Å². The SMILES string of the molecule is C[C@H](NCCc1ccncc1)C1CCCCCC1. The normalized spacial score (nSPS) is 19.4. The van der Waals surface area contributed by atoms with Crippen LogP contribution < -0.4 is 5.32 Å². The molecule has 0 aliphatic heterocycles. The Bertz CT molecular complexity index is 315. The Kier molecular flexibility index (Phi) is 5.66. The van der Waals surface area contributed by atoms with Crippen molar-refractivity contribution in [2.45, 2.75) is 57.9 Å². The van der Waals surface area contributed by atoms with E-state index in [4.69, 9.17) is 0 Å². The summed E-state index contributed by atoms with van der Waals surface area (Å²) in [6.45, 7) is 3.45. The van der Waals surface area contributed by atoms with Gasteiger partial charge in [-0.25, -0.2) is 0 Å². The summed E-state index contributed by atoms with van der Waals surface area (Å²) in [5, 5.41) is 3.71. The van der Waals surface area contributed by atoms with Crippen LogP contribution in [0.5, 0.6) is 0 Å². The molecule has 2 heteroatoms. The first-order valence-corrected chi connectivity index (χ1v) is 7.48. The van der Waals surface area contributed by atoms with Crippen molar-refractivity contribution in [1.29, 1.82) is 0 Å². The Labute approximate surface area is 111 Å². The number of pyridine rings is 1. The summed E-state index contributed by atoms with van der Waals surface area (Å²) in [5.74, 6) is 0.893. The van der Waals surface area contributed by atoms with Gasteiger partial charge in [0.05, 0.1) is 0 Å². The molecule has 0 aromatic carbocycles. The minimum absolute atomic E-state index is 0.671. The van der Waals surface area contributed by atoms with Crippen molar-refractivity contribution < 1.29 is 0 Å². The van der Waals surface area contributed by atoms with Crippen LogP contribution in [0.1, 0.15) is 51.0 Å². The molecule has 1 atom stereocenters. The molecule has 0 radical (unpaired) electrons. The molecule has 18 heavy (non-hydrogen) atoms. The molecule has 1 fully saturated rings. The van der Waals surface area contributed by atoms with E-state index in [1.54, 1.807) is 0 Å². The second kappa shape index (κ2) is 7.52. The highest BCUT2D eigenvalue weighted by Crippen LogP contribution is 2.25. The summed E-state index contributed by atoms with van der Waals surface area (Å²) in [6.07, 6.45) is 13.5. The molecule has 1 aliphatic carbocycles. The summed E-state index contributed by atoms with van der Waals surface area (Å²) in [4.78, 5) is 4.05. The predicted octanol–water partition coefficient (Wildman–Crippen LogP) is 3.57. The van der Waals surface area contributed by atoms with Crippen LogP contribution in [0.25, 0.3) is 0 Å². The zero-order valence-electron chi connectivity index (χ0n) is 11.6. The smallest absolute Gasteiger partial charge is 0.0270 e. The van der Waals surface area contributed by atoms with E-state index in [2.05, 4.69) is 29.4 Å². The molecular formula is C16H26N2. The number of nitrogens with zero attached hydrogens (tertiary/aromatic N) is 1. The van der Waals surface area contributed by atoms with E-state index in [0.29, 0.717) is 6.04 Å². The molecule has 1 saturated carbocycles. The second-order valence-corrected chi connectivity index (χ2v) is 5.60. The molecule has 1 aliphatic rings. The van der Waals surface area contributed by atoms with Crippen molar-refractivity contribution in [2.24, 2.45) is 5.92 Å². The maximum atomic E-state index is 4.05. The molecule has 100 valence electrons. The maximum Gasteiger partial charge on any atom is 0.0270 e. The molecule has 0 saturated heterocycles. The highest BCUT2D eigenvalue weighted by atomic mass is 14.9. The molecule has 1 N–H and O–H groups in total. The number of rotatable bonds is 5. The molecule has 2 rings (SSSR count). The molecule has 2 nitrogen and oxygen atoms in total. The van der Waals surface area contributed by atoms with Gasteiger partial charge in [-0.15, -0.1) is 0 Å². The Balaban J connectivity index is 1.69. The van der Waals surface area contributed by atoms with Gasteiger partial charge in [0.1, 0.15) is 0 Å². The fourth-order valence-corrected chi connectivity index (χ4v) is 2.97. The van der Waals surface area contributed by atoms with Gasteiger partial charge in [-0.2, -0.15) is 0 Å². The van der Waals surface area contributed by atoms with Gasteiger partial charge in [-0.3, -0.25) is 4.98 Å². The first-order chi connectivity index (χ1) is 8.86. The Morgan fingerprint density at radius 3 is 2.50 bits per heavy atom. The van der Waals surface area contributed by atoms with Crippen molar-refractivity contribution in [2.75, 3.05) is 6.54 Å². The van der Waals surface area contributed by atoms with Crippen molar-refractivity contribution in [3.8, 4) is 0 Å². The average Bonchev–Trinajstić information content (AvgIpc) is 2.69. The van der Waals surface area contributed by atoms with Gasteiger partial charge in [0, 0.05) is 18.4 Å². The van der Waals surface area contributed by atoms with E-state index < -0.39 is 0 Å². The van der Waals surface area contributed by atoms with Crippen LogP contribution in [-0.2, 0) is 6.42 Å². The van der Waals surface area contributed by atoms with E-state index in [0.717, 1.165) is 18.9 Å². The molecular weight excluding hydrogens is 220 g/mol. The van der Waals surface area contributed by atoms with Crippen molar-refractivity contribution in [3.05, 3.63) is 30.1 Å². The van der Waals surface area contributed by atoms with Crippen molar-refractivity contribution in [1.82, 2.24) is 10.3 Å². The lowest BCUT2D eigenvalue weighted by Gasteiger charge is -2.23. The average molecular weight is 246 g/mol. The van der Waals surface area contributed by atoms with Crippen molar-refractivity contribution >= 4 is 0 Å². The minimum Gasteiger partial charge on any atom is -0.314 e. The first-order valence-electron chi connectivity index (χ1n) is 7.48. The van der Waals surface area contributed by atoms with E-state index in [9.17, 15) is 0 Å². The largest absolute Gasteiger partial charge is 0.314 e. The van der Waals surface area contributed by atoms with E-state index in [1.807, 2.05) is 12.4 Å².